The number of aliphatic hydroxyl groups excluding tert-OH is 2. The van der Waals surface area contributed by atoms with Crippen LogP contribution in [0.4, 0.5) is 0 Å². The van der Waals surface area contributed by atoms with Crippen molar-refractivity contribution in [3.63, 3.8) is 0 Å². The first-order valence-corrected chi connectivity index (χ1v) is 5.21. The molecule has 6 heteroatoms. The molecule has 0 spiro atoms. The van der Waals surface area contributed by atoms with Gasteiger partial charge in [-0.15, -0.1) is 0 Å². The van der Waals surface area contributed by atoms with Crippen LogP contribution in [0.25, 0.3) is 0 Å². The Balaban J connectivity index is 2.91. The minimum absolute atomic E-state index is 0.112. The van der Waals surface area contributed by atoms with Crippen molar-refractivity contribution in [2.75, 3.05) is 0 Å². The second-order valence-corrected chi connectivity index (χ2v) is 4.04. The Kier molecular flexibility index (Phi) is 4.56. The van der Waals surface area contributed by atoms with Gasteiger partial charge in [-0.3, -0.25) is 4.79 Å². The summed E-state index contributed by atoms with van der Waals surface area (Å²) in [5.41, 5.74) is 0.211. The van der Waals surface area contributed by atoms with Crippen molar-refractivity contribution in [1.29, 1.82) is 0 Å². The minimum Gasteiger partial charge on any atom is -0.481 e. The third-order valence-electron chi connectivity index (χ3n) is 2.05. The van der Waals surface area contributed by atoms with E-state index in [0.29, 0.717) is 0 Å². The smallest absolute Gasteiger partial charge is 0.306 e. The van der Waals surface area contributed by atoms with E-state index in [0.717, 1.165) is 0 Å². The fourth-order valence-electron chi connectivity index (χ4n) is 1.25. The van der Waals surface area contributed by atoms with E-state index in [-0.39, 0.29) is 15.6 Å². The van der Waals surface area contributed by atoms with Crippen LogP contribution < -0.4 is 0 Å². The number of hydrogen-bond acceptors (Lipinski definition) is 3. The number of carboxylic acids is 1. The molecule has 0 radical (unpaired) electrons. The summed E-state index contributed by atoms with van der Waals surface area (Å²) in [6.45, 7) is 0. The van der Waals surface area contributed by atoms with Gasteiger partial charge in [0.25, 0.3) is 0 Å². The van der Waals surface area contributed by atoms with Crippen LogP contribution in [-0.2, 0) is 4.79 Å². The average molecular weight is 265 g/mol. The second kappa shape index (κ2) is 5.50. The van der Waals surface area contributed by atoms with Gasteiger partial charge in [-0.2, -0.15) is 0 Å². The first-order valence-electron chi connectivity index (χ1n) is 4.45. The zero-order valence-electron chi connectivity index (χ0n) is 8.10. The maximum Gasteiger partial charge on any atom is 0.306 e. The lowest BCUT2D eigenvalue weighted by atomic mass is 10.0. The predicted molar refractivity (Wildman–Crippen MR) is 59.7 cm³/mol. The van der Waals surface area contributed by atoms with Crippen molar-refractivity contribution in [2.45, 2.75) is 18.6 Å². The summed E-state index contributed by atoms with van der Waals surface area (Å²) in [6, 6.07) is 4.56. The van der Waals surface area contributed by atoms with E-state index in [9.17, 15) is 15.0 Å². The normalized spacial score (nSPS) is 14.5. The molecule has 88 valence electrons. The molecule has 2 unspecified atom stereocenters. The van der Waals surface area contributed by atoms with Gasteiger partial charge in [-0.25, -0.2) is 0 Å². The molecule has 3 N–H and O–H groups in total. The maximum atomic E-state index is 10.4. The van der Waals surface area contributed by atoms with Gasteiger partial charge in [0.1, 0.15) is 6.10 Å². The van der Waals surface area contributed by atoms with E-state index >= 15 is 0 Å². The van der Waals surface area contributed by atoms with E-state index in [1.165, 1.54) is 12.1 Å². The highest BCUT2D eigenvalue weighted by molar-refractivity contribution is 6.42. The topological polar surface area (TPSA) is 77.8 Å². The molecule has 16 heavy (non-hydrogen) atoms. The number of halogens is 2. The van der Waals surface area contributed by atoms with Gasteiger partial charge < -0.3 is 15.3 Å². The highest BCUT2D eigenvalue weighted by Crippen LogP contribution is 2.31. The van der Waals surface area contributed by atoms with Crippen LogP contribution in [0.5, 0.6) is 0 Å². The van der Waals surface area contributed by atoms with E-state index in [1.807, 2.05) is 0 Å². The van der Waals surface area contributed by atoms with Crippen molar-refractivity contribution >= 4 is 29.2 Å². The molecule has 0 aliphatic heterocycles. The highest BCUT2D eigenvalue weighted by atomic mass is 35.5. The standard InChI is InChI=1S/C10H10Cl2O4/c11-6-3-1-2-5(9(6)12)10(16)7(13)4-8(14)15/h1-3,7,10,13,16H,4H2,(H,14,15). The molecule has 1 rings (SSSR count). The molecule has 0 heterocycles. The summed E-state index contributed by atoms with van der Waals surface area (Å²) in [5, 5.41) is 27.9. The number of hydrogen-bond donors (Lipinski definition) is 3. The Hall–Kier alpha value is -0.810. The number of carboxylic acid groups (broad SMARTS) is 1. The lowest BCUT2D eigenvalue weighted by molar-refractivity contribution is -0.141. The first kappa shape index (κ1) is 13.3. The molecule has 4 nitrogen and oxygen atoms in total. The Morgan fingerprint density at radius 1 is 1.31 bits per heavy atom. The van der Waals surface area contributed by atoms with Crippen LogP contribution in [0.2, 0.25) is 10.0 Å². The van der Waals surface area contributed by atoms with E-state index in [2.05, 4.69) is 0 Å². The van der Waals surface area contributed by atoms with Gasteiger partial charge >= 0.3 is 5.97 Å². The summed E-state index contributed by atoms with van der Waals surface area (Å²) in [7, 11) is 0. The van der Waals surface area contributed by atoms with Crippen LogP contribution >= 0.6 is 23.2 Å². The zero-order chi connectivity index (χ0) is 12.3. The van der Waals surface area contributed by atoms with Crippen molar-refractivity contribution < 1.29 is 20.1 Å². The molecule has 0 saturated carbocycles. The Bertz CT molecular complexity index is 394. The molecule has 0 saturated heterocycles. The maximum absolute atomic E-state index is 10.4. The van der Waals surface area contributed by atoms with Gasteiger partial charge in [0.05, 0.1) is 22.6 Å². The molecule has 0 aliphatic carbocycles. The van der Waals surface area contributed by atoms with E-state index in [1.54, 1.807) is 6.07 Å². The van der Waals surface area contributed by atoms with Crippen molar-refractivity contribution in [1.82, 2.24) is 0 Å². The number of aliphatic carboxylic acids is 1. The van der Waals surface area contributed by atoms with Gasteiger partial charge in [0.2, 0.25) is 0 Å². The third kappa shape index (κ3) is 3.09. The highest BCUT2D eigenvalue weighted by Gasteiger charge is 2.23. The van der Waals surface area contributed by atoms with Gasteiger partial charge in [0, 0.05) is 5.56 Å². The minimum atomic E-state index is -1.42. The summed E-state index contributed by atoms with van der Waals surface area (Å²) < 4.78 is 0. The monoisotopic (exact) mass is 264 g/mol. The SMILES string of the molecule is O=C(O)CC(O)C(O)c1cccc(Cl)c1Cl. The zero-order valence-corrected chi connectivity index (χ0v) is 9.61. The number of rotatable bonds is 4. The van der Waals surface area contributed by atoms with Gasteiger partial charge in [0.15, 0.2) is 0 Å². The Morgan fingerprint density at radius 2 is 1.94 bits per heavy atom. The van der Waals surface area contributed by atoms with Crippen LogP contribution in [-0.4, -0.2) is 27.4 Å². The number of carbonyl (C=O) groups is 1. The molecule has 2 atom stereocenters. The summed E-state index contributed by atoms with van der Waals surface area (Å²) >= 11 is 11.5. The van der Waals surface area contributed by atoms with Crippen LogP contribution in [0.1, 0.15) is 18.1 Å². The lowest BCUT2D eigenvalue weighted by Crippen LogP contribution is -2.22. The summed E-state index contributed by atoms with van der Waals surface area (Å²) in [5.74, 6) is -1.20. The largest absolute Gasteiger partial charge is 0.481 e. The van der Waals surface area contributed by atoms with Crippen molar-refractivity contribution in [2.24, 2.45) is 0 Å². The Labute approximate surface area is 102 Å². The molecular formula is C10H10Cl2O4. The molecule has 1 aromatic rings. The molecular weight excluding hydrogens is 255 g/mol. The molecule has 0 bridgehead atoms. The van der Waals surface area contributed by atoms with Crippen molar-refractivity contribution in [3.05, 3.63) is 33.8 Å². The fraction of sp³-hybridized carbons (Fsp3) is 0.300. The number of benzene rings is 1. The van der Waals surface area contributed by atoms with Crippen molar-refractivity contribution in [3.8, 4) is 0 Å². The van der Waals surface area contributed by atoms with E-state index < -0.39 is 24.6 Å². The molecule has 0 fully saturated rings. The van der Waals surface area contributed by atoms with E-state index in [4.69, 9.17) is 28.3 Å². The predicted octanol–water partition coefficient (Wildman–Crippen LogP) is 1.86. The third-order valence-corrected chi connectivity index (χ3v) is 2.88. The van der Waals surface area contributed by atoms with Gasteiger partial charge in [-0.05, 0) is 6.07 Å². The number of aliphatic hydroxyl groups is 2. The second-order valence-electron chi connectivity index (χ2n) is 3.25. The first-order chi connectivity index (χ1) is 7.43. The van der Waals surface area contributed by atoms with Crippen LogP contribution in [0, 0.1) is 0 Å². The summed E-state index contributed by atoms with van der Waals surface area (Å²) in [6.07, 6.45) is -3.36. The molecule has 0 aromatic heterocycles. The average Bonchev–Trinajstić information content (AvgIpc) is 2.20. The molecule has 1 aromatic carbocycles. The fourth-order valence-corrected chi connectivity index (χ4v) is 1.67. The van der Waals surface area contributed by atoms with Crippen LogP contribution in [0.15, 0.2) is 18.2 Å². The summed E-state index contributed by atoms with van der Waals surface area (Å²) in [4.78, 5) is 10.4. The lowest BCUT2D eigenvalue weighted by Gasteiger charge is -2.18. The molecule has 0 aliphatic rings. The molecule has 0 amide bonds. The quantitative estimate of drug-likeness (QED) is 0.776. The van der Waals surface area contributed by atoms with Crippen LogP contribution in [0.3, 0.4) is 0 Å². The Morgan fingerprint density at radius 3 is 2.50 bits per heavy atom. The van der Waals surface area contributed by atoms with Gasteiger partial charge in [-0.1, -0.05) is 35.3 Å².